The SMILES string of the molecule is Cc1nn(C)cc1-c1cc(C(=O)N[C@H](C)COc2ccc(Cl)cc2)[nH]n1. The zero-order valence-electron chi connectivity index (χ0n) is 14.8. The van der Waals surface area contributed by atoms with Crippen molar-refractivity contribution in [1.29, 1.82) is 0 Å². The molecule has 0 saturated carbocycles. The van der Waals surface area contributed by atoms with E-state index in [1.807, 2.05) is 27.1 Å². The summed E-state index contributed by atoms with van der Waals surface area (Å²) in [6.07, 6.45) is 1.87. The van der Waals surface area contributed by atoms with Gasteiger partial charge >= 0.3 is 0 Å². The molecule has 0 aliphatic rings. The Morgan fingerprint density at radius 2 is 2.12 bits per heavy atom. The Morgan fingerprint density at radius 3 is 2.77 bits per heavy atom. The molecule has 2 aromatic heterocycles. The number of benzene rings is 1. The highest BCUT2D eigenvalue weighted by atomic mass is 35.5. The van der Waals surface area contributed by atoms with Gasteiger partial charge in [-0.05, 0) is 44.2 Å². The van der Waals surface area contributed by atoms with Crippen molar-refractivity contribution in [2.75, 3.05) is 6.61 Å². The molecule has 1 aromatic carbocycles. The molecule has 0 aliphatic carbocycles. The summed E-state index contributed by atoms with van der Waals surface area (Å²) in [6, 6.07) is 8.62. The molecule has 2 heterocycles. The molecule has 8 heteroatoms. The average Bonchev–Trinajstić information content (AvgIpc) is 3.20. The maximum Gasteiger partial charge on any atom is 0.269 e. The largest absolute Gasteiger partial charge is 0.491 e. The van der Waals surface area contributed by atoms with E-state index in [0.29, 0.717) is 28.8 Å². The molecule has 3 aromatic rings. The first-order chi connectivity index (χ1) is 12.4. The van der Waals surface area contributed by atoms with E-state index in [1.165, 1.54) is 0 Å². The zero-order valence-corrected chi connectivity index (χ0v) is 15.5. The number of rotatable bonds is 6. The van der Waals surface area contributed by atoms with Gasteiger partial charge in [0.15, 0.2) is 0 Å². The van der Waals surface area contributed by atoms with Crippen LogP contribution in [0.3, 0.4) is 0 Å². The number of carbonyl (C=O) groups is 1. The van der Waals surface area contributed by atoms with E-state index >= 15 is 0 Å². The van der Waals surface area contributed by atoms with Crippen molar-refractivity contribution < 1.29 is 9.53 Å². The second kappa shape index (κ2) is 7.61. The minimum Gasteiger partial charge on any atom is -0.491 e. The Bertz CT molecular complexity index is 901. The van der Waals surface area contributed by atoms with E-state index < -0.39 is 0 Å². The van der Waals surface area contributed by atoms with Gasteiger partial charge in [-0.15, -0.1) is 0 Å². The quantitative estimate of drug-likeness (QED) is 0.695. The van der Waals surface area contributed by atoms with Gasteiger partial charge < -0.3 is 10.1 Å². The summed E-state index contributed by atoms with van der Waals surface area (Å²) in [5.74, 6) is 0.462. The summed E-state index contributed by atoms with van der Waals surface area (Å²) in [6.45, 7) is 4.12. The number of aryl methyl sites for hydroxylation is 2. The van der Waals surface area contributed by atoms with Gasteiger partial charge in [0.05, 0.1) is 17.4 Å². The van der Waals surface area contributed by atoms with Gasteiger partial charge in [-0.2, -0.15) is 10.2 Å². The van der Waals surface area contributed by atoms with Gasteiger partial charge in [0, 0.05) is 23.8 Å². The molecular formula is C18H20ClN5O2. The summed E-state index contributed by atoms with van der Waals surface area (Å²) in [7, 11) is 1.85. The highest BCUT2D eigenvalue weighted by molar-refractivity contribution is 6.30. The van der Waals surface area contributed by atoms with E-state index in [1.54, 1.807) is 35.0 Å². The molecule has 0 bridgehead atoms. The molecule has 26 heavy (non-hydrogen) atoms. The molecule has 0 unspecified atom stereocenters. The summed E-state index contributed by atoms with van der Waals surface area (Å²) in [5, 5.41) is 14.8. The summed E-state index contributed by atoms with van der Waals surface area (Å²) < 4.78 is 7.36. The van der Waals surface area contributed by atoms with E-state index in [9.17, 15) is 4.79 Å². The van der Waals surface area contributed by atoms with Crippen molar-refractivity contribution in [3.8, 4) is 17.0 Å². The van der Waals surface area contributed by atoms with Crippen LogP contribution in [0, 0.1) is 6.92 Å². The van der Waals surface area contributed by atoms with Crippen LogP contribution in [0.1, 0.15) is 23.1 Å². The molecule has 7 nitrogen and oxygen atoms in total. The van der Waals surface area contributed by atoms with Crippen LogP contribution in [0.15, 0.2) is 36.5 Å². The molecule has 2 N–H and O–H groups in total. The third-order valence-electron chi connectivity index (χ3n) is 3.80. The third kappa shape index (κ3) is 4.23. The van der Waals surface area contributed by atoms with E-state index in [4.69, 9.17) is 16.3 Å². The third-order valence-corrected chi connectivity index (χ3v) is 4.06. The normalized spacial score (nSPS) is 12.0. The number of aromatic nitrogens is 4. The lowest BCUT2D eigenvalue weighted by Gasteiger charge is -2.14. The molecule has 0 spiro atoms. The predicted octanol–water partition coefficient (Wildman–Crippen LogP) is 2.97. The van der Waals surface area contributed by atoms with Gasteiger partial charge in [0.25, 0.3) is 5.91 Å². The first-order valence-corrected chi connectivity index (χ1v) is 8.55. The Kier molecular flexibility index (Phi) is 5.27. The van der Waals surface area contributed by atoms with Crippen molar-refractivity contribution in [3.63, 3.8) is 0 Å². The van der Waals surface area contributed by atoms with Crippen LogP contribution in [0.2, 0.25) is 5.02 Å². The molecule has 0 aliphatic heterocycles. The molecule has 136 valence electrons. The van der Waals surface area contributed by atoms with Crippen LogP contribution in [-0.2, 0) is 7.05 Å². The number of carbonyl (C=O) groups excluding carboxylic acids is 1. The Labute approximate surface area is 156 Å². The van der Waals surface area contributed by atoms with Gasteiger partial charge in [-0.25, -0.2) is 0 Å². The first kappa shape index (κ1) is 18.0. The van der Waals surface area contributed by atoms with Crippen LogP contribution in [0.5, 0.6) is 5.75 Å². The van der Waals surface area contributed by atoms with Crippen molar-refractivity contribution in [3.05, 3.63) is 52.9 Å². The van der Waals surface area contributed by atoms with Crippen LogP contribution in [0.25, 0.3) is 11.3 Å². The van der Waals surface area contributed by atoms with Gasteiger partial charge in [0.1, 0.15) is 18.1 Å². The lowest BCUT2D eigenvalue weighted by Crippen LogP contribution is -2.37. The number of hydrogen-bond acceptors (Lipinski definition) is 4. The van der Waals surface area contributed by atoms with Gasteiger partial charge in [0.2, 0.25) is 0 Å². The lowest BCUT2D eigenvalue weighted by atomic mass is 10.2. The standard InChI is InChI=1S/C18H20ClN5O2/c1-11(10-26-14-6-4-13(19)5-7-14)20-18(25)17-8-16(21-22-17)15-9-24(3)23-12(15)2/h4-9,11H,10H2,1-3H3,(H,20,25)(H,21,22)/t11-/m1/s1. The van der Waals surface area contributed by atoms with Crippen LogP contribution in [0.4, 0.5) is 0 Å². The monoisotopic (exact) mass is 373 g/mol. The number of nitrogens with one attached hydrogen (secondary N) is 2. The first-order valence-electron chi connectivity index (χ1n) is 8.17. The molecule has 1 amide bonds. The van der Waals surface area contributed by atoms with Crippen LogP contribution >= 0.6 is 11.6 Å². The molecule has 3 rings (SSSR count). The number of aromatic amines is 1. The minimum absolute atomic E-state index is 0.176. The molecule has 1 atom stereocenters. The molecule has 0 saturated heterocycles. The predicted molar refractivity (Wildman–Crippen MR) is 99.4 cm³/mol. The summed E-state index contributed by atoms with van der Waals surface area (Å²) in [4.78, 5) is 12.4. The maximum absolute atomic E-state index is 12.4. The Balaban J connectivity index is 1.57. The van der Waals surface area contributed by atoms with Crippen LogP contribution < -0.4 is 10.1 Å². The molecule has 0 radical (unpaired) electrons. The summed E-state index contributed by atoms with van der Waals surface area (Å²) in [5.41, 5.74) is 2.82. The van der Waals surface area contributed by atoms with Crippen molar-refractivity contribution in [1.82, 2.24) is 25.3 Å². The fraction of sp³-hybridized carbons (Fsp3) is 0.278. The number of halogens is 1. The Hall–Kier alpha value is -2.80. The Morgan fingerprint density at radius 1 is 1.38 bits per heavy atom. The topological polar surface area (TPSA) is 84.8 Å². The maximum atomic E-state index is 12.4. The molecular weight excluding hydrogens is 354 g/mol. The average molecular weight is 374 g/mol. The van der Waals surface area contributed by atoms with Crippen molar-refractivity contribution in [2.24, 2.45) is 7.05 Å². The number of ether oxygens (including phenoxy) is 1. The number of nitrogens with zero attached hydrogens (tertiary/aromatic N) is 3. The minimum atomic E-state index is -0.238. The number of hydrogen-bond donors (Lipinski definition) is 2. The molecule has 0 fully saturated rings. The highest BCUT2D eigenvalue weighted by Crippen LogP contribution is 2.20. The van der Waals surface area contributed by atoms with Crippen LogP contribution in [-0.4, -0.2) is 38.5 Å². The second-order valence-electron chi connectivity index (χ2n) is 6.11. The fourth-order valence-electron chi connectivity index (χ4n) is 2.52. The summed E-state index contributed by atoms with van der Waals surface area (Å²) >= 11 is 5.84. The number of amides is 1. The van der Waals surface area contributed by atoms with Crippen molar-refractivity contribution in [2.45, 2.75) is 19.9 Å². The van der Waals surface area contributed by atoms with E-state index in [2.05, 4.69) is 20.6 Å². The fourth-order valence-corrected chi connectivity index (χ4v) is 2.65. The smallest absolute Gasteiger partial charge is 0.269 e. The highest BCUT2D eigenvalue weighted by Gasteiger charge is 2.16. The zero-order chi connectivity index (χ0) is 18.7. The van der Waals surface area contributed by atoms with E-state index in [-0.39, 0.29) is 11.9 Å². The second-order valence-corrected chi connectivity index (χ2v) is 6.54. The van der Waals surface area contributed by atoms with Crippen molar-refractivity contribution >= 4 is 17.5 Å². The lowest BCUT2D eigenvalue weighted by molar-refractivity contribution is 0.0921. The van der Waals surface area contributed by atoms with E-state index in [0.717, 1.165) is 11.3 Å². The van der Waals surface area contributed by atoms with Gasteiger partial charge in [-0.1, -0.05) is 11.6 Å². The number of H-pyrrole nitrogens is 1. The van der Waals surface area contributed by atoms with Gasteiger partial charge in [-0.3, -0.25) is 14.6 Å².